The molecule has 0 aliphatic rings. The summed E-state index contributed by atoms with van der Waals surface area (Å²) in [5.74, 6) is 2.26. The molecule has 18 heavy (non-hydrogen) atoms. The molecule has 0 radical (unpaired) electrons. The van der Waals surface area contributed by atoms with Crippen molar-refractivity contribution < 1.29 is 4.74 Å². The molecule has 0 unspecified atom stereocenters. The van der Waals surface area contributed by atoms with E-state index in [9.17, 15) is 0 Å². The van der Waals surface area contributed by atoms with Crippen molar-refractivity contribution in [3.8, 4) is 5.75 Å². The third-order valence-corrected chi connectivity index (χ3v) is 3.20. The maximum absolute atomic E-state index is 5.84. The van der Waals surface area contributed by atoms with Gasteiger partial charge in [-0.3, -0.25) is 0 Å². The summed E-state index contributed by atoms with van der Waals surface area (Å²) in [6.45, 7) is 10.6. The Hall–Kier alpha value is -1.18. The molecule has 1 rings (SSSR count). The van der Waals surface area contributed by atoms with Crippen molar-refractivity contribution in [1.82, 2.24) is 0 Å². The highest BCUT2D eigenvalue weighted by Crippen LogP contribution is 2.25. The predicted molar refractivity (Wildman–Crippen MR) is 79.3 cm³/mol. The van der Waals surface area contributed by atoms with E-state index in [1.165, 1.54) is 12.8 Å². The van der Waals surface area contributed by atoms with Crippen LogP contribution in [0.4, 0.5) is 5.69 Å². The van der Waals surface area contributed by atoms with Gasteiger partial charge in [0, 0.05) is 6.54 Å². The maximum atomic E-state index is 5.84. The van der Waals surface area contributed by atoms with E-state index in [-0.39, 0.29) is 0 Å². The number of para-hydroxylation sites is 2. The SMILES string of the molecule is CCC(CC)CNc1ccccc1OCC(C)C. The van der Waals surface area contributed by atoms with Gasteiger partial charge in [0.25, 0.3) is 0 Å². The minimum Gasteiger partial charge on any atom is -0.491 e. The Morgan fingerprint density at radius 3 is 2.39 bits per heavy atom. The zero-order chi connectivity index (χ0) is 13.4. The van der Waals surface area contributed by atoms with E-state index in [0.717, 1.165) is 30.5 Å². The van der Waals surface area contributed by atoms with E-state index in [2.05, 4.69) is 45.1 Å². The Morgan fingerprint density at radius 2 is 1.78 bits per heavy atom. The van der Waals surface area contributed by atoms with Crippen LogP contribution in [0.3, 0.4) is 0 Å². The van der Waals surface area contributed by atoms with Crippen LogP contribution in [0.1, 0.15) is 40.5 Å². The van der Waals surface area contributed by atoms with Gasteiger partial charge in [-0.05, 0) is 24.0 Å². The van der Waals surface area contributed by atoms with Gasteiger partial charge in [0.15, 0.2) is 0 Å². The van der Waals surface area contributed by atoms with Crippen LogP contribution in [-0.4, -0.2) is 13.2 Å². The molecule has 0 heterocycles. The molecular formula is C16H27NO. The van der Waals surface area contributed by atoms with E-state index in [4.69, 9.17) is 4.74 Å². The Labute approximate surface area is 112 Å². The zero-order valence-corrected chi connectivity index (χ0v) is 12.2. The summed E-state index contributed by atoms with van der Waals surface area (Å²) >= 11 is 0. The van der Waals surface area contributed by atoms with Crippen LogP contribution in [0.5, 0.6) is 5.75 Å². The van der Waals surface area contributed by atoms with Crippen molar-refractivity contribution in [2.45, 2.75) is 40.5 Å². The molecule has 0 fully saturated rings. The van der Waals surface area contributed by atoms with E-state index in [0.29, 0.717) is 5.92 Å². The molecule has 1 aromatic carbocycles. The van der Waals surface area contributed by atoms with Crippen molar-refractivity contribution >= 4 is 5.69 Å². The maximum Gasteiger partial charge on any atom is 0.142 e. The lowest BCUT2D eigenvalue weighted by atomic mass is 10.0. The highest BCUT2D eigenvalue weighted by Gasteiger charge is 2.07. The number of hydrogen-bond donors (Lipinski definition) is 1. The molecule has 102 valence electrons. The Kier molecular flexibility index (Phi) is 6.63. The van der Waals surface area contributed by atoms with E-state index >= 15 is 0 Å². The van der Waals surface area contributed by atoms with Crippen molar-refractivity contribution in [2.75, 3.05) is 18.5 Å². The van der Waals surface area contributed by atoms with Gasteiger partial charge < -0.3 is 10.1 Å². The highest BCUT2D eigenvalue weighted by atomic mass is 16.5. The number of ether oxygens (including phenoxy) is 1. The molecule has 2 nitrogen and oxygen atoms in total. The Balaban J connectivity index is 2.58. The predicted octanol–water partition coefficient (Wildman–Crippen LogP) is 4.57. The summed E-state index contributed by atoms with van der Waals surface area (Å²) in [4.78, 5) is 0. The van der Waals surface area contributed by atoms with Crippen molar-refractivity contribution in [3.05, 3.63) is 24.3 Å². The number of anilines is 1. The topological polar surface area (TPSA) is 21.3 Å². The smallest absolute Gasteiger partial charge is 0.142 e. The fourth-order valence-electron chi connectivity index (χ4n) is 1.83. The van der Waals surface area contributed by atoms with Crippen LogP contribution in [0.2, 0.25) is 0 Å². The first-order valence-electron chi connectivity index (χ1n) is 7.13. The largest absolute Gasteiger partial charge is 0.491 e. The second-order valence-electron chi connectivity index (χ2n) is 5.26. The molecule has 0 saturated heterocycles. The average Bonchev–Trinajstić information content (AvgIpc) is 2.38. The first-order chi connectivity index (χ1) is 8.67. The van der Waals surface area contributed by atoms with Crippen LogP contribution in [0, 0.1) is 11.8 Å². The standard InChI is InChI=1S/C16H27NO/c1-5-14(6-2)11-17-15-9-7-8-10-16(15)18-12-13(3)4/h7-10,13-14,17H,5-6,11-12H2,1-4H3. The van der Waals surface area contributed by atoms with Gasteiger partial charge in [0.05, 0.1) is 12.3 Å². The molecule has 0 atom stereocenters. The summed E-state index contributed by atoms with van der Waals surface area (Å²) in [5.41, 5.74) is 1.12. The monoisotopic (exact) mass is 249 g/mol. The normalized spacial score (nSPS) is 11.0. The molecule has 0 aliphatic carbocycles. The van der Waals surface area contributed by atoms with E-state index in [1.54, 1.807) is 0 Å². The first-order valence-corrected chi connectivity index (χ1v) is 7.13. The summed E-state index contributed by atoms with van der Waals surface area (Å²) in [6, 6.07) is 8.21. The lowest BCUT2D eigenvalue weighted by Gasteiger charge is -2.17. The van der Waals surface area contributed by atoms with Crippen LogP contribution in [0.25, 0.3) is 0 Å². The molecule has 0 spiro atoms. The molecule has 2 heteroatoms. The molecule has 0 amide bonds. The summed E-state index contributed by atoms with van der Waals surface area (Å²) in [6.07, 6.45) is 2.44. The van der Waals surface area contributed by atoms with Crippen LogP contribution in [0.15, 0.2) is 24.3 Å². The fraction of sp³-hybridized carbons (Fsp3) is 0.625. The second kappa shape index (κ2) is 8.02. The minimum atomic E-state index is 0.553. The number of nitrogens with one attached hydrogen (secondary N) is 1. The molecular weight excluding hydrogens is 222 g/mol. The minimum absolute atomic E-state index is 0.553. The molecule has 1 N–H and O–H groups in total. The van der Waals surface area contributed by atoms with Gasteiger partial charge in [0.2, 0.25) is 0 Å². The van der Waals surface area contributed by atoms with Gasteiger partial charge in [-0.2, -0.15) is 0 Å². The van der Waals surface area contributed by atoms with Crippen LogP contribution < -0.4 is 10.1 Å². The third kappa shape index (κ3) is 4.99. The van der Waals surface area contributed by atoms with Gasteiger partial charge >= 0.3 is 0 Å². The van der Waals surface area contributed by atoms with E-state index in [1.807, 2.05) is 12.1 Å². The fourth-order valence-corrected chi connectivity index (χ4v) is 1.83. The number of rotatable bonds is 8. The summed E-state index contributed by atoms with van der Waals surface area (Å²) < 4.78 is 5.84. The van der Waals surface area contributed by atoms with Crippen molar-refractivity contribution in [3.63, 3.8) is 0 Å². The van der Waals surface area contributed by atoms with Crippen LogP contribution >= 0.6 is 0 Å². The first kappa shape index (κ1) is 14.9. The lowest BCUT2D eigenvalue weighted by Crippen LogP contribution is -2.14. The van der Waals surface area contributed by atoms with Gasteiger partial charge in [-0.25, -0.2) is 0 Å². The molecule has 0 aromatic heterocycles. The van der Waals surface area contributed by atoms with Gasteiger partial charge in [-0.1, -0.05) is 52.7 Å². The highest BCUT2D eigenvalue weighted by molar-refractivity contribution is 5.56. The van der Waals surface area contributed by atoms with E-state index < -0.39 is 0 Å². The molecule has 0 saturated carbocycles. The number of hydrogen-bond acceptors (Lipinski definition) is 2. The molecule has 0 bridgehead atoms. The summed E-state index contributed by atoms with van der Waals surface area (Å²) in [5, 5.41) is 3.51. The quantitative estimate of drug-likeness (QED) is 0.728. The third-order valence-electron chi connectivity index (χ3n) is 3.20. The van der Waals surface area contributed by atoms with Gasteiger partial charge in [-0.15, -0.1) is 0 Å². The zero-order valence-electron chi connectivity index (χ0n) is 12.2. The second-order valence-corrected chi connectivity index (χ2v) is 5.26. The molecule has 1 aromatic rings. The molecule has 0 aliphatic heterocycles. The lowest BCUT2D eigenvalue weighted by molar-refractivity contribution is 0.272. The summed E-state index contributed by atoms with van der Waals surface area (Å²) in [7, 11) is 0. The number of benzene rings is 1. The Bertz CT molecular complexity index is 332. The van der Waals surface area contributed by atoms with Crippen LogP contribution in [-0.2, 0) is 0 Å². The average molecular weight is 249 g/mol. The van der Waals surface area contributed by atoms with Gasteiger partial charge in [0.1, 0.15) is 5.75 Å². The van der Waals surface area contributed by atoms with Crippen molar-refractivity contribution in [2.24, 2.45) is 11.8 Å². The van der Waals surface area contributed by atoms with Crippen molar-refractivity contribution in [1.29, 1.82) is 0 Å². The Morgan fingerprint density at radius 1 is 1.11 bits per heavy atom.